The van der Waals surface area contributed by atoms with E-state index in [4.69, 9.17) is 9.84 Å². The molecule has 0 aliphatic carbocycles. The summed E-state index contributed by atoms with van der Waals surface area (Å²) in [6.07, 6.45) is 0.671. The van der Waals surface area contributed by atoms with Gasteiger partial charge in [0.15, 0.2) is 16.7 Å². The number of nitrogens with zero attached hydrogens (tertiary/aromatic N) is 1. The molecule has 3 aromatic rings. The van der Waals surface area contributed by atoms with Crippen LogP contribution in [-0.4, -0.2) is 36.2 Å². The highest BCUT2D eigenvalue weighted by atomic mass is 32.1. The molecule has 11 heteroatoms. The van der Waals surface area contributed by atoms with Crippen molar-refractivity contribution in [3.05, 3.63) is 70.0 Å². The Balaban J connectivity index is 1.84. The molecule has 1 heterocycles. The van der Waals surface area contributed by atoms with Crippen LogP contribution in [-0.2, 0) is 9.53 Å². The van der Waals surface area contributed by atoms with Gasteiger partial charge in [0.2, 0.25) is 5.76 Å². The number of rotatable bonds is 7. The number of hydrogen-bond donors (Lipinski definition) is 2. The number of thiazole rings is 1. The van der Waals surface area contributed by atoms with Crippen molar-refractivity contribution in [2.45, 2.75) is 0 Å². The number of nitrogens with one attached hydrogen (secondary N) is 1. The molecule has 32 heavy (non-hydrogen) atoms. The van der Waals surface area contributed by atoms with Crippen molar-refractivity contribution in [3.63, 3.8) is 0 Å². The molecule has 7 nitrogen and oxygen atoms in total. The lowest BCUT2D eigenvalue weighted by molar-refractivity contribution is -0.135. The van der Waals surface area contributed by atoms with Gasteiger partial charge in [-0.15, -0.1) is 11.3 Å². The van der Waals surface area contributed by atoms with E-state index < -0.39 is 40.7 Å². The van der Waals surface area contributed by atoms with E-state index in [1.807, 2.05) is 0 Å². The molecular formula is C21H15F3N2O5S. The molecule has 0 spiro atoms. The Labute approximate surface area is 183 Å². The van der Waals surface area contributed by atoms with E-state index in [9.17, 15) is 22.8 Å². The number of halogens is 3. The predicted octanol–water partition coefficient (Wildman–Crippen LogP) is 4.56. The maximum atomic E-state index is 14.4. The summed E-state index contributed by atoms with van der Waals surface area (Å²) in [6.45, 7) is 0. The fourth-order valence-corrected chi connectivity index (χ4v) is 3.39. The van der Waals surface area contributed by atoms with Gasteiger partial charge in [-0.3, -0.25) is 10.1 Å². The van der Waals surface area contributed by atoms with Crippen LogP contribution in [0.25, 0.3) is 17.3 Å². The quantitative estimate of drug-likeness (QED) is 0.393. The normalized spacial score (nSPS) is 11.2. The molecule has 2 aromatic carbocycles. The Morgan fingerprint density at radius 2 is 1.84 bits per heavy atom. The standard InChI is InChI=1S/C21H15F3N2O5S/c1-30-16-5-3-4-11(18(16)24)15-9-32-21(25-15)26-19(27)10-6-13(22)12(14(23)7-10)8-17(31-2)20(28)29/h3-9H,1-2H3,(H,28,29)(H,25,26,27)/b17-8+. The fourth-order valence-electron chi connectivity index (χ4n) is 2.68. The van der Waals surface area contributed by atoms with Gasteiger partial charge in [-0.05, 0) is 24.3 Å². The first-order chi connectivity index (χ1) is 15.2. The molecule has 0 fully saturated rings. The molecule has 0 saturated heterocycles. The lowest BCUT2D eigenvalue weighted by atomic mass is 10.1. The van der Waals surface area contributed by atoms with E-state index in [1.165, 1.54) is 24.6 Å². The van der Waals surface area contributed by atoms with Crippen molar-refractivity contribution in [1.29, 1.82) is 0 Å². The van der Waals surface area contributed by atoms with Crippen LogP contribution < -0.4 is 10.1 Å². The van der Waals surface area contributed by atoms with Crippen LogP contribution in [0.2, 0.25) is 0 Å². The average molecular weight is 464 g/mol. The number of aliphatic carboxylic acids is 1. The average Bonchev–Trinajstić information content (AvgIpc) is 3.21. The van der Waals surface area contributed by atoms with Gasteiger partial charge in [0.05, 0.1) is 19.9 Å². The molecule has 0 atom stereocenters. The number of carbonyl (C=O) groups excluding carboxylic acids is 1. The number of aromatic nitrogens is 1. The van der Waals surface area contributed by atoms with Crippen LogP contribution in [0.5, 0.6) is 5.75 Å². The van der Waals surface area contributed by atoms with Crippen molar-refractivity contribution in [1.82, 2.24) is 4.98 Å². The molecule has 1 aromatic heterocycles. The summed E-state index contributed by atoms with van der Waals surface area (Å²) < 4.78 is 52.5. The summed E-state index contributed by atoms with van der Waals surface area (Å²) in [5, 5.41) is 12.9. The Morgan fingerprint density at radius 3 is 2.44 bits per heavy atom. The van der Waals surface area contributed by atoms with Gasteiger partial charge in [-0.2, -0.15) is 0 Å². The first-order valence-corrected chi connectivity index (χ1v) is 9.70. The number of hydrogen-bond acceptors (Lipinski definition) is 6. The maximum Gasteiger partial charge on any atom is 0.371 e. The fraction of sp³-hybridized carbons (Fsp3) is 0.0952. The number of amides is 1. The van der Waals surface area contributed by atoms with E-state index in [0.29, 0.717) is 6.08 Å². The highest BCUT2D eigenvalue weighted by Gasteiger charge is 2.19. The van der Waals surface area contributed by atoms with Gasteiger partial charge in [-0.1, -0.05) is 6.07 Å². The maximum absolute atomic E-state index is 14.4. The van der Waals surface area contributed by atoms with Gasteiger partial charge in [-0.25, -0.2) is 22.9 Å². The number of carboxylic acid groups (broad SMARTS) is 1. The number of carboxylic acids is 1. The molecule has 0 saturated carbocycles. The predicted molar refractivity (Wildman–Crippen MR) is 111 cm³/mol. The topological polar surface area (TPSA) is 97.8 Å². The molecule has 2 N–H and O–H groups in total. The first kappa shape index (κ1) is 22.8. The third-order valence-electron chi connectivity index (χ3n) is 4.23. The Morgan fingerprint density at radius 1 is 1.16 bits per heavy atom. The highest BCUT2D eigenvalue weighted by Crippen LogP contribution is 2.31. The van der Waals surface area contributed by atoms with Gasteiger partial charge in [0.25, 0.3) is 5.91 Å². The van der Waals surface area contributed by atoms with Crippen LogP contribution in [0.3, 0.4) is 0 Å². The molecule has 0 bridgehead atoms. The lowest BCUT2D eigenvalue weighted by Gasteiger charge is -2.07. The van der Waals surface area contributed by atoms with E-state index in [0.717, 1.165) is 30.6 Å². The summed E-state index contributed by atoms with van der Waals surface area (Å²) in [6, 6.07) is 6.00. The van der Waals surface area contributed by atoms with Gasteiger partial charge >= 0.3 is 5.97 Å². The van der Waals surface area contributed by atoms with Gasteiger partial charge in [0, 0.05) is 28.1 Å². The van der Waals surface area contributed by atoms with Crippen LogP contribution >= 0.6 is 11.3 Å². The third-order valence-corrected chi connectivity index (χ3v) is 4.99. The molecule has 0 unspecified atom stereocenters. The second-order valence-corrected chi connectivity index (χ2v) is 7.04. The summed E-state index contributed by atoms with van der Waals surface area (Å²) in [7, 11) is 2.36. The number of ether oxygens (including phenoxy) is 2. The van der Waals surface area contributed by atoms with E-state index in [-0.39, 0.29) is 27.7 Å². The zero-order chi connectivity index (χ0) is 23.4. The van der Waals surface area contributed by atoms with Gasteiger partial charge < -0.3 is 14.6 Å². The Hall–Kier alpha value is -3.86. The lowest BCUT2D eigenvalue weighted by Crippen LogP contribution is -2.13. The molecular weight excluding hydrogens is 449 g/mol. The van der Waals surface area contributed by atoms with Crippen LogP contribution in [0, 0.1) is 17.5 Å². The highest BCUT2D eigenvalue weighted by molar-refractivity contribution is 7.14. The van der Waals surface area contributed by atoms with E-state index in [1.54, 1.807) is 6.07 Å². The molecule has 0 aliphatic rings. The summed E-state index contributed by atoms with van der Waals surface area (Å²) in [5.41, 5.74) is -0.649. The van der Waals surface area contributed by atoms with Crippen molar-refractivity contribution >= 4 is 34.4 Å². The summed E-state index contributed by atoms with van der Waals surface area (Å²) in [4.78, 5) is 27.5. The van der Waals surface area contributed by atoms with Crippen molar-refractivity contribution in [2.24, 2.45) is 0 Å². The SMILES string of the molecule is CO/C(=C/c1c(F)cc(C(=O)Nc2nc(-c3cccc(OC)c3F)cs2)cc1F)C(=O)O. The number of anilines is 1. The van der Waals surface area contributed by atoms with Crippen LogP contribution in [0.1, 0.15) is 15.9 Å². The second kappa shape index (κ2) is 9.52. The zero-order valence-electron chi connectivity index (χ0n) is 16.6. The number of methoxy groups -OCH3 is 2. The first-order valence-electron chi connectivity index (χ1n) is 8.83. The Bertz CT molecular complexity index is 1200. The second-order valence-electron chi connectivity index (χ2n) is 6.19. The summed E-state index contributed by atoms with van der Waals surface area (Å²) >= 11 is 0.986. The van der Waals surface area contributed by atoms with E-state index in [2.05, 4.69) is 15.0 Å². The molecule has 166 valence electrons. The van der Waals surface area contributed by atoms with Crippen molar-refractivity contribution in [3.8, 4) is 17.0 Å². The van der Waals surface area contributed by atoms with Crippen LogP contribution in [0.4, 0.5) is 18.3 Å². The van der Waals surface area contributed by atoms with Gasteiger partial charge in [0.1, 0.15) is 11.6 Å². The number of carbonyl (C=O) groups is 2. The van der Waals surface area contributed by atoms with Crippen molar-refractivity contribution < 1.29 is 37.3 Å². The minimum absolute atomic E-state index is 0.0284. The molecule has 0 aliphatic heterocycles. The zero-order valence-corrected chi connectivity index (χ0v) is 17.4. The molecule has 0 radical (unpaired) electrons. The summed E-state index contributed by atoms with van der Waals surface area (Å²) in [5.74, 6) is -5.98. The Kier molecular flexibility index (Phi) is 6.79. The smallest absolute Gasteiger partial charge is 0.371 e. The monoisotopic (exact) mass is 464 g/mol. The van der Waals surface area contributed by atoms with Crippen molar-refractivity contribution in [2.75, 3.05) is 19.5 Å². The van der Waals surface area contributed by atoms with Crippen LogP contribution in [0.15, 0.2) is 41.5 Å². The minimum atomic E-state index is -1.51. The number of benzene rings is 2. The minimum Gasteiger partial charge on any atom is -0.494 e. The van der Waals surface area contributed by atoms with E-state index >= 15 is 0 Å². The largest absolute Gasteiger partial charge is 0.494 e. The molecule has 3 rings (SSSR count). The third kappa shape index (κ3) is 4.72. The molecule has 1 amide bonds.